The first kappa shape index (κ1) is 16.3. The highest BCUT2D eigenvalue weighted by atomic mass is 19.4. The summed E-state index contributed by atoms with van der Waals surface area (Å²) in [4.78, 5) is 1.83. The zero-order chi connectivity index (χ0) is 17.6. The van der Waals surface area contributed by atoms with Crippen LogP contribution in [0.15, 0.2) is 42.5 Å². The lowest BCUT2D eigenvalue weighted by Crippen LogP contribution is -2.42. The normalized spacial score (nSPS) is 22.5. The second kappa shape index (κ2) is 5.95. The first-order valence-electron chi connectivity index (χ1n) is 8.46. The van der Waals surface area contributed by atoms with Crippen molar-refractivity contribution in [1.29, 1.82) is 0 Å². The summed E-state index contributed by atoms with van der Waals surface area (Å²) in [6, 6.07) is 12.5. The molecule has 0 unspecified atom stereocenters. The van der Waals surface area contributed by atoms with Crippen LogP contribution in [0.5, 0.6) is 0 Å². The molecule has 2 atom stereocenters. The summed E-state index contributed by atoms with van der Waals surface area (Å²) >= 11 is 0. The Hall–Kier alpha value is -2.21. The fourth-order valence-corrected chi connectivity index (χ4v) is 4.10. The molecule has 4 rings (SSSR count). The molecular weight excluding hydrogens is 327 g/mol. The molecule has 2 aliphatic heterocycles. The summed E-state index contributed by atoms with van der Waals surface area (Å²) in [5.41, 5.74) is 1.83. The Kier molecular flexibility index (Phi) is 3.87. The van der Waals surface area contributed by atoms with E-state index in [2.05, 4.69) is 10.6 Å². The molecular formula is C19H20F3N3. The van der Waals surface area contributed by atoms with Gasteiger partial charge in [-0.3, -0.25) is 0 Å². The highest BCUT2D eigenvalue weighted by Gasteiger charge is 2.45. The van der Waals surface area contributed by atoms with Crippen molar-refractivity contribution in [2.45, 2.75) is 24.6 Å². The van der Waals surface area contributed by atoms with Crippen LogP contribution in [0, 0.1) is 0 Å². The summed E-state index contributed by atoms with van der Waals surface area (Å²) in [6.45, 7) is 1.56. The van der Waals surface area contributed by atoms with Crippen molar-refractivity contribution in [3.8, 4) is 0 Å². The predicted molar refractivity (Wildman–Crippen MR) is 93.6 cm³/mol. The molecule has 0 aliphatic carbocycles. The van der Waals surface area contributed by atoms with Crippen LogP contribution in [0.2, 0.25) is 0 Å². The molecule has 2 heterocycles. The average Bonchev–Trinajstić information content (AvgIpc) is 2.88. The van der Waals surface area contributed by atoms with Crippen LogP contribution in [0.25, 0.3) is 0 Å². The second-order valence-electron chi connectivity index (χ2n) is 6.73. The van der Waals surface area contributed by atoms with Gasteiger partial charge in [0.25, 0.3) is 0 Å². The molecule has 132 valence electrons. The van der Waals surface area contributed by atoms with E-state index in [0.717, 1.165) is 24.2 Å². The van der Waals surface area contributed by atoms with Crippen molar-refractivity contribution >= 4 is 17.1 Å². The first-order chi connectivity index (χ1) is 11.9. The van der Waals surface area contributed by atoms with Gasteiger partial charge in [0, 0.05) is 36.9 Å². The first-order valence-corrected chi connectivity index (χ1v) is 8.46. The van der Waals surface area contributed by atoms with E-state index >= 15 is 0 Å². The number of rotatable bonds is 2. The summed E-state index contributed by atoms with van der Waals surface area (Å²) in [7, 11) is 1.79. The van der Waals surface area contributed by atoms with E-state index in [1.807, 2.05) is 41.3 Å². The third-order valence-corrected chi connectivity index (χ3v) is 5.20. The standard InChI is InChI=1S/C19H20F3N3/c1-25-17-7-8-23-11-15(17)14-9-13(24-12-5-3-2-4-6-12)10-16(18(14)25)19(20,21)22/h2-6,9-10,15,17,23-24H,7-8,11H2,1H3/t15-,17-/m0/s1. The van der Waals surface area contributed by atoms with Crippen LogP contribution in [0.4, 0.5) is 30.2 Å². The molecule has 0 bridgehead atoms. The molecule has 2 N–H and O–H groups in total. The number of halogens is 3. The molecule has 1 fully saturated rings. The maximum atomic E-state index is 13.7. The highest BCUT2D eigenvalue weighted by Crippen LogP contribution is 2.50. The molecule has 2 aliphatic rings. The molecule has 0 spiro atoms. The molecule has 0 saturated carbocycles. The number of hydrogen-bond donors (Lipinski definition) is 2. The van der Waals surface area contributed by atoms with Crippen LogP contribution in [-0.2, 0) is 6.18 Å². The van der Waals surface area contributed by atoms with Crippen molar-refractivity contribution in [3.05, 3.63) is 53.6 Å². The number of nitrogens with zero attached hydrogens (tertiary/aromatic N) is 1. The Labute approximate surface area is 144 Å². The minimum absolute atomic E-state index is 0.0902. The quantitative estimate of drug-likeness (QED) is 0.846. The number of benzene rings is 2. The van der Waals surface area contributed by atoms with Gasteiger partial charge in [0.05, 0.1) is 11.3 Å². The number of piperidine rings is 1. The number of alkyl halides is 3. The number of fused-ring (bicyclic) bond motifs is 3. The van der Waals surface area contributed by atoms with Gasteiger partial charge < -0.3 is 15.5 Å². The minimum atomic E-state index is -4.38. The SMILES string of the molecule is CN1c2c(cc(Nc3ccccc3)cc2C(F)(F)F)[C@@H]2CNCC[C@@H]21. The van der Waals surface area contributed by atoms with Crippen LogP contribution in [-0.4, -0.2) is 26.2 Å². The number of hydrogen-bond acceptors (Lipinski definition) is 3. The van der Waals surface area contributed by atoms with Gasteiger partial charge in [-0.1, -0.05) is 18.2 Å². The van der Waals surface area contributed by atoms with E-state index in [9.17, 15) is 13.2 Å². The van der Waals surface area contributed by atoms with Crippen molar-refractivity contribution < 1.29 is 13.2 Å². The second-order valence-corrected chi connectivity index (χ2v) is 6.73. The van der Waals surface area contributed by atoms with Gasteiger partial charge in [0.1, 0.15) is 0 Å². The molecule has 0 aromatic heterocycles. The molecule has 1 saturated heterocycles. The lowest BCUT2D eigenvalue weighted by Gasteiger charge is -2.31. The lowest BCUT2D eigenvalue weighted by molar-refractivity contribution is -0.137. The third-order valence-electron chi connectivity index (χ3n) is 5.20. The molecule has 0 radical (unpaired) electrons. The summed E-state index contributed by atoms with van der Waals surface area (Å²) < 4.78 is 41.2. The number of para-hydroxylation sites is 1. The molecule has 6 heteroatoms. The van der Waals surface area contributed by atoms with Gasteiger partial charge in [-0.05, 0) is 42.8 Å². The van der Waals surface area contributed by atoms with Gasteiger partial charge in [0.15, 0.2) is 0 Å². The zero-order valence-electron chi connectivity index (χ0n) is 13.9. The lowest BCUT2D eigenvalue weighted by atomic mass is 9.89. The Morgan fingerprint density at radius 1 is 1.12 bits per heavy atom. The summed E-state index contributed by atoms with van der Waals surface area (Å²) in [6.07, 6.45) is -3.53. The van der Waals surface area contributed by atoms with Gasteiger partial charge in [-0.2, -0.15) is 13.2 Å². The molecule has 25 heavy (non-hydrogen) atoms. The molecule has 0 amide bonds. The topological polar surface area (TPSA) is 27.3 Å². The Balaban J connectivity index is 1.82. The van der Waals surface area contributed by atoms with Gasteiger partial charge >= 0.3 is 6.18 Å². The number of likely N-dealkylation sites (N-methyl/N-ethyl adjacent to an activating group) is 1. The fraction of sp³-hybridized carbons (Fsp3) is 0.368. The average molecular weight is 347 g/mol. The number of anilines is 3. The van der Waals surface area contributed by atoms with Gasteiger partial charge in [-0.25, -0.2) is 0 Å². The zero-order valence-corrected chi connectivity index (χ0v) is 13.9. The van der Waals surface area contributed by atoms with Crippen molar-refractivity contribution in [2.75, 3.05) is 30.4 Å². The summed E-state index contributed by atoms with van der Waals surface area (Å²) in [5, 5.41) is 6.43. The molecule has 2 aromatic carbocycles. The largest absolute Gasteiger partial charge is 0.418 e. The van der Waals surface area contributed by atoms with Crippen molar-refractivity contribution in [1.82, 2.24) is 5.32 Å². The third kappa shape index (κ3) is 2.84. The van der Waals surface area contributed by atoms with Gasteiger partial charge in [-0.15, -0.1) is 0 Å². The Morgan fingerprint density at radius 2 is 1.88 bits per heavy atom. The Bertz CT molecular complexity index is 773. The predicted octanol–water partition coefficient (Wildman–Crippen LogP) is 4.34. The van der Waals surface area contributed by atoms with Crippen molar-refractivity contribution in [3.63, 3.8) is 0 Å². The van der Waals surface area contributed by atoms with E-state index in [1.165, 1.54) is 6.07 Å². The maximum absolute atomic E-state index is 13.7. The van der Waals surface area contributed by atoms with E-state index in [4.69, 9.17) is 0 Å². The monoisotopic (exact) mass is 347 g/mol. The maximum Gasteiger partial charge on any atom is 0.418 e. The molecule has 2 aromatic rings. The molecule has 3 nitrogen and oxygen atoms in total. The van der Waals surface area contributed by atoms with Crippen molar-refractivity contribution in [2.24, 2.45) is 0 Å². The minimum Gasteiger partial charge on any atom is -0.370 e. The van der Waals surface area contributed by atoms with Crippen LogP contribution in [0.1, 0.15) is 23.5 Å². The highest BCUT2D eigenvalue weighted by molar-refractivity contribution is 5.74. The van der Waals surface area contributed by atoms with Crippen LogP contribution >= 0.6 is 0 Å². The summed E-state index contributed by atoms with van der Waals surface area (Å²) in [5.74, 6) is 0.0902. The van der Waals surface area contributed by atoms with E-state index in [1.54, 1.807) is 7.05 Å². The fourth-order valence-electron chi connectivity index (χ4n) is 4.10. The van der Waals surface area contributed by atoms with E-state index in [-0.39, 0.29) is 12.0 Å². The van der Waals surface area contributed by atoms with Crippen LogP contribution in [0.3, 0.4) is 0 Å². The van der Waals surface area contributed by atoms with E-state index < -0.39 is 11.7 Å². The van der Waals surface area contributed by atoms with Gasteiger partial charge in [0.2, 0.25) is 0 Å². The smallest absolute Gasteiger partial charge is 0.370 e. The van der Waals surface area contributed by atoms with E-state index in [0.29, 0.717) is 17.9 Å². The van der Waals surface area contributed by atoms with Crippen LogP contribution < -0.4 is 15.5 Å². The number of nitrogens with one attached hydrogen (secondary N) is 2. The Morgan fingerprint density at radius 3 is 2.60 bits per heavy atom.